The van der Waals surface area contributed by atoms with E-state index < -0.39 is 31.3 Å². The average Bonchev–Trinajstić information content (AvgIpc) is 2.00. The molecule has 0 rings (SSSR count). The van der Waals surface area contributed by atoms with E-state index in [0.717, 1.165) is 0 Å². The van der Waals surface area contributed by atoms with E-state index in [1.165, 1.54) is 0 Å². The minimum Gasteiger partial charge on any atom is -0.227 e. The summed E-state index contributed by atoms with van der Waals surface area (Å²) in [5, 5.41) is 0.230. The Labute approximate surface area is 101 Å². The minimum absolute atomic E-state index is 0.230. The molecule has 0 aliphatic heterocycles. The Morgan fingerprint density at radius 3 is 2.07 bits per heavy atom. The number of sulfone groups is 1. The molecule has 86 valence electrons. The van der Waals surface area contributed by atoms with Crippen molar-refractivity contribution in [1.82, 2.24) is 0 Å². The standard InChI is InChI=1S/C5H6Br2ClF3O2S/c6-1-3(7)2-14(12,13)4(8)5(9,10)11/h3-4H,1-2H2. The van der Waals surface area contributed by atoms with E-state index in [1.807, 2.05) is 0 Å². The molecule has 0 fully saturated rings. The second-order valence-electron chi connectivity index (χ2n) is 2.44. The summed E-state index contributed by atoms with van der Waals surface area (Å²) in [6.45, 7) is 0. The molecule has 0 radical (unpaired) electrons. The van der Waals surface area contributed by atoms with Crippen LogP contribution >= 0.6 is 43.5 Å². The highest BCUT2D eigenvalue weighted by molar-refractivity contribution is 9.12. The predicted molar refractivity (Wildman–Crippen MR) is 56.0 cm³/mol. The van der Waals surface area contributed by atoms with Crippen LogP contribution in [-0.2, 0) is 9.84 Å². The molecule has 0 saturated heterocycles. The SMILES string of the molecule is O=S(=O)(CC(Br)CBr)C(Cl)C(F)(F)F. The Balaban J connectivity index is 4.64. The van der Waals surface area contributed by atoms with Crippen molar-refractivity contribution in [2.24, 2.45) is 0 Å². The van der Waals surface area contributed by atoms with Gasteiger partial charge in [0, 0.05) is 10.2 Å². The van der Waals surface area contributed by atoms with Crippen LogP contribution in [0.4, 0.5) is 13.2 Å². The third kappa shape index (κ3) is 4.67. The molecule has 0 aromatic rings. The summed E-state index contributed by atoms with van der Waals surface area (Å²) < 4.78 is 55.1. The van der Waals surface area contributed by atoms with Gasteiger partial charge in [-0.05, 0) is 0 Å². The largest absolute Gasteiger partial charge is 0.419 e. The topological polar surface area (TPSA) is 34.1 Å². The van der Waals surface area contributed by atoms with E-state index in [2.05, 4.69) is 31.9 Å². The van der Waals surface area contributed by atoms with Crippen molar-refractivity contribution < 1.29 is 21.6 Å². The molecule has 2 atom stereocenters. The Kier molecular flexibility index (Phi) is 5.74. The first-order valence-electron chi connectivity index (χ1n) is 3.23. The first kappa shape index (κ1) is 15.0. The molecule has 0 amide bonds. The smallest absolute Gasteiger partial charge is 0.227 e. The van der Waals surface area contributed by atoms with Gasteiger partial charge in [0.25, 0.3) is 0 Å². The summed E-state index contributed by atoms with van der Waals surface area (Å²) >= 11 is 10.6. The average molecular weight is 382 g/mol. The van der Waals surface area contributed by atoms with Crippen LogP contribution in [0.15, 0.2) is 0 Å². The Bertz CT molecular complexity index is 279. The summed E-state index contributed by atoms with van der Waals surface area (Å²) in [5.74, 6) is -0.661. The Hall–Kier alpha value is 0.990. The molecule has 2 unspecified atom stereocenters. The van der Waals surface area contributed by atoms with Gasteiger partial charge in [0.15, 0.2) is 9.84 Å². The Morgan fingerprint density at radius 1 is 1.36 bits per heavy atom. The van der Waals surface area contributed by atoms with Crippen LogP contribution < -0.4 is 0 Å². The van der Waals surface area contributed by atoms with Crippen molar-refractivity contribution in [1.29, 1.82) is 0 Å². The molecule has 0 spiro atoms. The molecule has 0 aliphatic carbocycles. The lowest BCUT2D eigenvalue weighted by atomic mass is 10.6. The Morgan fingerprint density at radius 2 is 1.79 bits per heavy atom. The zero-order valence-electron chi connectivity index (χ0n) is 6.56. The maximum atomic E-state index is 12.0. The molecule has 0 aromatic heterocycles. The van der Waals surface area contributed by atoms with E-state index in [-0.39, 0.29) is 5.33 Å². The predicted octanol–water partition coefficient (Wildman–Crippen LogP) is 2.69. The molecular weight excluding hydrogens is 376 g/mol. The minimum atomic E-state index is -4.93. The number of alkyl halides is 6. The highest BCUT2D eigenvalue weighted by Gasteiger charge is 2.47. The number of rotatable bonds is 4. The van der Waals surface area contributed by atoms with Crippen molar-refractivity contribution in [3.05, 3.63) is 0 Å². The van der Waals surface area contributed by atoms with Gasteiger partial charge in [-0.1, -0.05) is 43.5 Å². The van der Waals surface area contributed by atoms with Gasteiger partial charge >= 0.3 is 6.18 Å². The first-order chi connectivity index (χ1) is 6.11. The summed E-state index contributed by atoms with van der Waals surface area (Å²) in [4.78, 5) is -0.587. The van der Waals surface area contributed by atoms with E-state index >= 15 is 0 Å². The molecule has 9 heteroatoms. The van der Waals surface area contributed by atoms with Gasteiger partial charge in [-0.15, -0.1) is 0 Å². The lowest BCUT2D eigenvalue weighted by Crippen LogP contribution is -2.35. The van der Waals surface area contributed by atoms with Gasteiger partial charge < -0.3 is 0 Å². The fraction of sp³-hybridized carbons (Fsp3) is 1.00. The molecule has 0 aliphatic rings. The van der Waals surface area contributed by atoms with Crippen molar-refractivity contribution >= 4 is 53.3 Å². The molecule has 0 heterocycles. The van der Waals surface area contributed by atoms with Crippen molar-refractivity contribution in [3.8, 4) is 0 Å². The summed E-state index contributed by atoms with van der Waals surface area (Å²) in [6, 6.07) is 0. The monoisotopic (exact) mass is 380 g/mol. The zero-order valence-corrected chi connectivity index (χ0v) is 11.3. The second-order valence-corrected chi connectivity index (χ2v) is 7.21. The molecule has 14 heavy (non-hydrogen) atoms. The lowest BCUT2D eigenvalue weighted by Gasteiger charge is -2.15. The van der Waals surface area contributed by atoms with Gasteiger partial charge in [-0.25, -0.2) is 8.42 Å². The highest BCUT2D eigenvalue weighted by atomic mass is 79.9. The van der Waals surface area contributed by atoms with Crippen LogP contribution in [0.2, 0.25) is 0 Å². The van der Waals surface area contributed by atoms with Crippen LogP contribution in [0.5, 0.6) is 0 Å². The number of halogens is 6. The molecular formula is C5H6Br2ClF3O2S. The molecule has 0 aromatic carbocycles. The van der Waals surface area contributed by atoms with Crippen LogP contribution in [0.3, 0.4) is 0 Å². The fourth-order valence-electron chi connectivity index (χ4n) is 0.585. The molecule has 0 saturated carbocycles. The second kappa shape index (κ2) is 5.36. The van der Waals surface area contributed by atoms with Crippen LogP contribution in [0.1, 0.15) is 0 Å². The summed E-state index contributed by atoms with van der Waals surface area (Å²) in [5.41, 5.74) is 0. The third-order valence-electron chi connectivity index (χ3n) is 1.15. The van der Waals surface area contributed by atoms with E-state index in [4.69, 9.17) is 11.6 Å². The lowest BCUT2D eigenvalue weighted by molar-refractivity contribution is -0.115. The van der Waals surface area contributed by atoms with Gasteiger partial charge in [0.1, 0.15) is 0 Å². The quantitative estimate of drug-likeness (QED) is 0.701. The van der Waals surface area contributed by atoms with E-state index in [1.54, 1.807) is 0 Å². The fourth-order valence-corrected chi connectivity index (χ4v) is 3.64. The molecule has 2 nitrogen and oxygen atoms in total. The highest BCUT2D eigenvalue weighted by Crippen LogP contribution is 2.30. The summed E-state index contributed by atoms with van der Waals surface area (Å²) in [7, 11) is -4.37. The van der Waals surface area contributed by atoms with Gasteiger partial charge in [0.2, 0.25) is 4.71 Å². The van der Waals surface area contributed by atoms with Crippen molar-refractivity contribution in [2.75, 3.05) is 11.1 Å². The van der Waals surface area contributed by atoms with Crippen LogP contribution in [-0.4, -0.2) is 35.2 Å². The summed E-state index contributed by atoms with van der Waals surface area (Å²) in [6.07, 6.45) is -4.93. The number of hydrogen-bond acceptors (Lipinski definition) is 2. The molecule has 0 bridgehead atoms. The molecule has 0 N–H and O–H groups in total. The van der Waals surface area contributed by atoms with E-state index in [0.29, 0.717) is 0 Å². The third-order valence-corrected chi connectivity index (χ3v) is 6.71. The van der Waals surface area contributed by atoms with E-state index in [9.17, 15) is 21.6 Å². The van der Waals surface area contributed by atoms with Crippen molar-refractivity contribution in [2.45, 2.75) is 15.7 Å². The van der Waals surface area contributed by atoms with Gasteiger partial charge in [-0.2, -0.15) is 13.2 Å². The van der Waals surface area contributed by atoms with Crippen molar-refractivity contribution in [3.63, 3.8) is 0 Å². The van der Waals surface area contributed by atoms with Crippen LogP contribution in [0.25, 0.3) is 0 Å². The first-order valence-corrected chi connectivity index (χ1v) is 7.42. The zero-order chi connectivity index (χ0) is 11.6. The van der Waals surface area contributed by atoms with Crippen LogP contribution in [0, 0.1) is 0 Å². The maximum Gasteiger partial charge on any atom is 0.419 e. The normalized spacial score (nSPS) is 17.9. The van der Waals surface area contributed by atoms with Gasteiger partial charge in [-0.3, -0.25) is 0 Å². The number of hydrogen-bond donors (Lipinski definition) is 0. The van der Waals surface area contributed by atoms with Gasteiger partial charge in [0.05, 0.1) is 5.75 Å². The maximum absolute atomic E-state index is 12.0.